The highest BCUT2D eigenvalue weighted by Crippen LogP contribution is 2.22. The molecule has 3 nitrogen and oxygen atoms in total. The van der Waals surface area contributed by atoms with E-state index in [-0.39, 0.29) is 11.9 Å². The largest absolute Gasteiger partial charge is 0.352 e. The van der Waals surface area contributed by atoms with Gasteiger partial charge in [-0.05, 0) is 37.1 Å². The van der Waals surface area contributed by atoms with Crippen LogP contribution < -0.4 is 10.6 Å². The first-order chi connectivity index (χ1) is 8.65. The Balaban J connectivity index is 1.88. The van der Waals surface area contributed by atoms with E-state index in [4.69, 9.17) is 23.2 Å². The summed E-state index contributed by atoms with van der Waals surface area (Å²) in [5.41, 5.74) is 0.880. The molecule has 1 aromatic rings. The first kappa shape index (κ1) is 13.7. The van der Waals surface area contributed by atoms with Crippen LogP contribution in [-0.4, -0.2) is 25.0 Å². The molecule has 0 unspecified atom stereocenters. The van der Waals surface area contributed by atoms with Crippen LogP contribution in [0.4, 0.5) is 0 Å². The van der Waals surface area contributed by atoms with Gasteiger partial charge in [0.05, 0.1) is 16.5 Å². The molecule has 1 saturated heterocycles. The SMILES string of the molecule is O=C(Cc1ccc(Cl)c(Cl)c1)N[C@H]1CCCNC1. The average molecular weight is 287 g/mol. The minimum atomic E-state index is 0.0297. The van der Waals surface area contributed by atoms with E-state index in [1.54, 1.807) is 12.1 Å². The molecule has 18 heavy (non-hydrogen) atoms. The molecule has 1 atom stereocenters. The van der Waals surface area contributed by atoms with Crippen LogP contribution in [-0.2, 0) is 11.2 Å². The Bertz CT molecular complexity index is 431. The number of nitrogens with one attached hydrogen (secondary N) is 2. The Labute approximate surface area is 117 Å². The van der Waals surface area contributed by atoms with Crippen molar-refractivity contribution < 1.29 is 4.79 Å². The van der Waals surface area contributed by atoms with Gasteiger partial charge in [-0.25, -0.2) is 0 Å². The van der Waals surface area contributed by atoms with Crippen LogP contribution in [0.15, 0.2) is 18.2 Å². The van der Waals surface area contributed by atoms with Gasteiger partial charge in [-0.2, -0.15) is 0 Å². The van der Waals surface area contributed by atoms with E-state index in [0.29, 0.717) is 16.5 Å². The van der Waals surface area contributed by atoms with E-state index in [9.17, 15) is 4.79 Å². The van der Waals surface area contributed by atoms with Gasteiger partial charge >= 0.3 is 0 Å². The lowest BCUT2D eigenvalue weighted by atomic mass is 10.1. The number of rotatable bonds is 3. The van der Waals surface area contributed by atoms with Crippen LogP contribution in [0.25, 0.3) is 0 Å². The fourth-order valence-corrected chi connectivity index (χ4v) is 2.41. The summed E-state index contributed by atoms with van der Waals surface area (Å²) in [6.07, 6.45) is 2.49. The number of hydrogen-bond acceptors (Lipinski definition) is 2. The summed E-state index contributed by atoms with van der Waals surface area (Å²) < 4.78 is 0. The Morgan fingerprint density at radius 3 is 2.89 bits per heavy atom. The van der Waals surface area contributed by atoms with Crippen molar-refractivity contribution in [3.05, 3.63) is 33.8 Å². The Morgan fingerprint density at radius 1 is 1.39 bits per heavy atom. The summed E-state index contributed by atoms with van der Waals surface area (Å²) in [6.45, 7) is 1.90. The second-order valence-corrected chi connectivity index (χ2v) is 5.35. The predicted molar refractivity (Wildman–Crippen MR) is 74.2 cm³/mol. The minimum Gasteiger partial charge on any atom is -0.352 e. The van der Waals surface area contributed by atoms with E-state index in [1.165, 1.54) is 0 Å². The minimum absolute atomic E-state index is 0.0297. The lowest BCUT2D eigenvalue weighted by Crippen LogP contribution is -2.46. The summed E-state index contributed by atoms with van der Waals surface area (Å²) in [4.78, 5) is 11.9. The van der Waals surface area contributed by atoms with Gasteiger partial charge in [0.1, 0.15) is 0 Å². The van der Waals surface area contributed by atoms with Gasteiger partial charge in [0, 0.05) is 12.6 Å². The van der Waals surface area contributed by atoms with Gasteiger partial charge in [-0.15, -0.1) is 0 Å². The van der Waals surface area contributed by atoms with Crippen molar-refractivity contribution in [2.75, 3.05) is 13.1 Å². The Hall–Kier alpha value is -0.770. The topological polar surface area (TPSA) is 41.1 Å². The quantitative estimate of drug-likeness (QED) is 0.896. The number of benzene rings is 1. The molecule has 0 spiro atoms. The predicted octanol–water partition coefficient (Wildman–Crippen LogP) is 2.40. The summed E-state index contributed by atoms with van der Waals surface area (Å²) in [7, 11) is 0. The van der Waals surface area contributed by atoms with Crippen LogP contribution >= 0.6 is 23.2 Å². The van der Waals surface area contributed by atoms with Gasteiger partial charge in [0.25, 0.3) is 0 Å². The summed E-state index contributed by atoms with van der Waals surface area (Å²) >= 11 is 11.7. The monoisotopic (exact) mass is 286 g/mol. The molecule has 1 heterocycles. The van der Waals surface area contributed by atoms with Crippen molar-refractivity contribution in [3.8, 4) is 0 Å². The number of amides is 1. The number of piperidine rings is 1. The summed E-state index contributed by atoms with van der Waals surface area (Å²) in [6, 6.07) is 5.53. The normalized spacial score (nSPS) is 19.6. The highest BCUT2D eigenvalue weighted by atomic mass is 35.5. The van der Waals surface area contributed by atoms with Crippen LogP contribution in [0.2, 0.25) is 10.0 Å². The molecule has 0 radical (unpaired) electrons. The first-order valence-electron chi connectivity index (χ1n) is 6.09. The molecule has 0 bridgehead atoms. The summed E-state index contributed by atoms with van der Waals surface area (Å²) in [5.74, 6) is 0.0297. The van der Waals surface area contributed by atoms with Crippen molar-refractivity contribution in [1.29, 1.82) is 0 Å². The Morgan fingerprint density at radius 2 is 2.22 bits per heavy atom. The van der Waals surface area contributed by atoms with E-state index >= 15 is 0 Å². The lowest BCUT2D eigenvalue weighted by Gasteiger charge is -2.23. The first-order valence-corrected chi connectivity index (χ1v) is 6.85. The standard InChI is InChI=1S/C13H16Cl2N2O/c14-11-4-3-9(6-12(11)15)7-13(18)17-10-2-1-5-16-8-10/h3-4,6,10,16H,1-2,5,7-8H2,(H,17,18)/t10-/m0/s1. The van der Waals surface area contributed by atoms with Crippen molar-refractivity contribution in [1.82, 2.24) is 10.6 Å². The lowest BCUT2D eigenvalue weighted by molar-refractivity contribution is -0.121. The van der Waals surface area contributed by atoms with Crippen molar-refractivity contribution in [2.24, 2.45) is 0 Å². The third-order valence-corrected chi connectivity index (χ3v) is 3.75. The van der Waals surface area contributed by atoms with Crippen molar-refractivity contribution in [3.63, 3.8) is 0 Å². The van der Waals surface area contributed by atoms with Crippen LogP contribution in [0.3, 0.4) is 0 Å². The van der Waals surface area contributed by atoms with Gasteiger partial charge < -0.3 is 10.6 Å². The maximum absolute atomic E-state index is 11.9. The van der Waals surface area contributed by atoms with Crippen molar-refractivity contribution >= 4 is 29.1 Å². The van der Waals surface area contributed by atoms with Gasteiger partial charge in [-0.1, -0.05) is 29.3 Å². The average Bonchev–Trinajstić information content (AvgIpc) is 2.35. The molecule has 0 saturated carbocycles. The highest BCUT2D eigenvalue weighted by molar-refractivity contribution is 6.42. The highest BCUT2D eigenvalue weighted by Gasteiger charge is 2.15. The molecule has 5 heteroatoms. The molecule has 98 valence electrons. The third kappa shape index (κ3) is 3.87. The number of hydrogen-bond donors (Lipinski definition) is 2. The fraction of sp³-hybridized carbons (Fsp3) is 0.462. The van der Waals surface area contributed by atoms with E-state index in [0.717, 1.165) is 31.5 Å². The van der Waals surface area contributed by atoms with E-state index in [1.807, 2.05) is 6.07 Å². The molecule has 1 aliphatic rings. The van der Waals surface area contributed by atoms with Crippen LogP contribution in [0, 0.1) is 0 Å². The van der Waals surface area contributed by atoms with E-state index < -0.39 is 0 Å². The Kier molecular flexibility index (Phi) is 4.87. The molecule has 0 aromatic heterocycles. The molecular formula is C13H16Cl2N2O. The zero-order chi connectivity index (χ0) is 13.0. The van der Waals surface area contributed by atoms with Crippen LogP contribution in [0.5, 0.6) is 0 Å². The third-order valence-electron chi connectivity index (χ3n) is 3.01. The maximum atomic E-state index is 11.9. The molecule has 2 N–H and O–H groups in total. The van der Waals surface area contributed by atoms with Gasteiger partial charge in [0.15, 0.2) is 0 Å². The number of carbonyl (C=O) groups is 1. The van der Waals surface area contributed by atoms with E-state index in [2.05, 4.69) is 10.6 Å². The van der Waals surface area contributed by atoms with Crippen LogP contribution in [0.1, 0.15) is 18.4 Å². The maximum Gasteiger partial charge on any atom is 0.224 e. The number of halogens is 2. The molecular weight excluding hydrogens is 271 g/mol. The smallest absolute Gasteiger partial charge is 0.224 e. The summed E-state index contributed by atoms with van der Waals surface area (Å²) in [5, 5.41) is 7.29. The second kappa shape index (κ2) is 6.41. The molecule has 0 aliphatic carbocycles. The molecule has 2 rings (SSSR count). The van der Waals surface area contributed by atoms with Gasteiger partial charge in [0.2, 0.25) is 5.91 Å². The molecule has 1 aromatic carbocycles. The zero-order valence-electron chi connectivity index (χ0n) is 10.0. The zero-order valence-corrected chi connectivity index (χ0v) is 11.5. The molecule has 1 aliphatic heterocycles. The molecule has 1 fully saturated rings. The number of carbonyl (C=O) groups excluding carboxylic acids is 1. The fourth-order valence-electron chi connectivity index (χ4n) is 2.09. The van der Waals surface area contributed by atoms with Gasteiger partial charge in [-0.3, -0.25) is 4.79 Å². The molecule has 1 amide bonds. The second-order valence-electron chi connectivity index (χ2n) is 4.54. The van der Waals surface area contributed by atoms with Crippen molar-refractivity contribution in [2.45, 2.75) is 25.3 Å².